The molecule has 2 heterocycles. The number of amides is 2. The topological polar surface area (TPSA) is 72.4 Å². The van der Waals surface area contributed by atoms with Crippen molar-refractivity contribution >= 4 is 23.2 Å². The number of benzene rings is 1. The predicted octanol–water partition coefficient (Wildman–Crippen LogP) is 3.04. The Hall–Kier alpha value is -2.76. The molecule has 6 heteroatoms. The van der Waals surface area contributed by atoms with Crippen LogP contribution in [0.3, 0.4) is 0 Å². The molecule has 3 rings (SSSR count). The van der Waals surface area contributed by atoms with E-state index in [1.165, 1.54) is 0 Å². The summed E-state index contributed by atoms with van der Waals surface area (Å²) in [5.74, 6) is 0.711. The van der Waals surface area contributed by atoms with Gasteiger partial charge < -0.3 is 19.9 Å². The Morgan fingerprint density at radius 2 is 2.08 bits per heavy atom. The van der Waals surface area contributed by atoms with Crippen molar-refractivity contribution in [3.63, 3.8) is 0 Å². The van der Waals surface area contributed by atoms with Gasteiger partial charge in [0.15, 0.2) is 6.61 Å². The number of aromatic nitrogens is 1. The fourth-order valence-electron chi connectivity index (χ4n) is 2.74. The minimum Gasteiger partial charge on any atom is -0.482 e. The Kier molecular flexibility index (Phi) is 4.55. The SMILES string of the molecule is CC(C)CC(C(=O)Nc1ccc2c(c1)OCC(=O)N2)n1cccc1. The van der Waals surface area contributed by atoms with Crippen LogP contribution in [0.25, 0.3) is 0 Å². The van der Waals surface area contributed by atoms with Gasteiger partial charge >= 0.3 is 0 Å². The van der Waals surface area contributed by atoms with Crippen LogP contribution in [-0.2, 0) is 9.59 Å². The van der Waals surface area contributed by atoms with Gasteiger partial charge in [0.1, 0.15) is 11.8 Å². The molecule has 1 unspecified atom stereocenters. The first-order chi connectivity index (χ1) is 11.5. The molecule has 0 bridgehead atoms. The summed E-state index contributed by atoms with van der Waals surface area (Å²) in [6.45, 7) is 4.18. The van der Waals surface area contributed by atoms with E-state index in [0.29, 0.717) is 23.0 Å². The van der Waals surface area contributed by atoms with Crippen LogP contribution < -0.4 is 15.4 Å². The molecule has 1 aromatic heterocycles. The van der Waals surface area contributed by atoms with Crippen molar-refractivity contribution in [1.29, 1.82) is 0 Å². The molecule has 126 valence electrons. The molecule has 2 aromatic rings. The zero-order chi connectivity index (χ0) is 17.1. The van der Waals surface area contributed by atoms with E-state index < -0.39 is 0 Å². The maximum absolute atomic E-state index is 12.7. The van der Waals surface area contributed by atoms with Gasteiger partial charge in [-0.25, -0.2) is 0 Å². The van der Waals surface area contributed by atoms with E-state index in [4.69, 9.17) is 4.74 Å². The van der Waals surface area contributed by atoms with Gasteiger partial charge in [0.05, 0.1) is 5.69 Å². The number of carbonyl (C=O) groups excluding carboxylic acids is 2. The number of hydrogen-bond acceptors (Lipinski definition) is 3. The molecular weight excluding hydrogens is 306 g/mol. The van der Waals surface area contributed by atoms with Gasteiger partial charge in [-0.2, -0.15) is 0 Å². The van der Waals surface area contributed by atoms with Gasteiger partial charge in [-0.3, -0.25) is 9.59 Å². The minimum atomic E-state index is -0.267. The highest BCUT2D eigenvalue weighted by Crippen LogP contribution is 2.31. The Morgan fingerprint density at radius 1 is 1.33 bits per heavy atom. The second kappa shape index (κ2) is 6.78. The lowest BCUT2D eigenvalue weighted by Crippen LogP contribution is -2.27. The molecule has 0 radical (unpaired) electrons. The maximum atomic E-state index is 12.7. The molecule has 1 aliphatic heterocycles. The van der Waals surface area contributed by atoms with Gasteiger partial charge in [0, 0.05) is 24.1 Å². The molecule has 24 heavy (non-hydrogen) atoms. The van der Waals surface area contributed by atoms with Crippen molar-refractivity contribution in [1.82, 2.24) is 4.57 Å². The van der Waals surface area contributed by atoms with Crippen molar-refractivity contribution < 1.29 is 14.3 Å². The minimum absolute atomic E-state index is 0.0102. The molecule has 0 saturated carbocycles. The number of nitrogens with one attached hydrogen (secondary N) is 2. The largest absolute Gasteiger partial charge is 0.482 e. The number of hydrogen-bond donors (Lipinski definition) is 2. The van der Waals surface area contributed by atoms with E-state index in [0.717, 1.165) is 6.42 Å². The van der Waals surface area contributed by atoms with E-state index in [9.17, 15) is 9.59 Å². The normalized spacial score (nSPS) is 14.5. The summed E-state index contributed by atoms with van der Waals surface area (Å²) in [6.07, 6.45) is 4.55. The van der Waals surface area contributed by atoms with Crippen molar-refractivity contribution in [3.05, 3.63) is 42.7 Å². The molecule has 2 N–H and O–H groups in total. The molecule has 1 aromatic carbocycles. The smallest absolute Gasteiger partial charge is 0.262 e. The highest BCUT2D eigenvalue weighted by Gasteiger charge is 2.22. The number of carbonyl (C=O) groups is 2. The Morgan fingerprint density at radius 3 is 2.79 bits per heavy atom. The standard InChI is InChI=1S/C18H21N3O3/c1-12(2)9-15(21-7-3-4-8-21)18(23)19-13-5-6-14-16(10-13)24-11-17(22)20-14/h3-8,10,12,15H,9,11H2,1-2H3,(H,19,23)(H,20,22). The van der Waals surface area contributed by atoms with Gasteiger partial charge in [-0.05, 0) is 36.6 Å². The van der Waals surface area contributed by atoms with Crippen LogP contribution in [0, 0.1) is 5.92 Å². The average molecular weight is 327 g/mol. The number of fused-ring (bicyclic) bond motifs is 1. The van der Waals surface area contributed by atoms with Crippen LogP contribution in [0.5, 0.6) is 5.75 Å². The fraction of sp³-hybridized carbons (Fsp3) is 0.333. The molecule has 1 atom stereocenters. The van der Waals surface area contributed by atoms with Crippen LogP contribution in [0.1, 0.15) is 26.3 Å². The lowest BCUT2D eigenvalue weighted by atomic mass is 10.0. The molecule has 0 saturated heterocycles. The van der Waals surface area contributed by atoms with Crippen molar-refractivity contribution in [2.45, 2.75) is 26.3 Å². The lowest BCUT2D eigenvalue weighted by molar-refractivity contribution is -0.120. The predicted molar refractivity (Wildman–Crippen MR) is 92.1 cm³/mol. The molecule has 0 aliphatic carbocycles. The summed E-state index contributed by atoms with van der Waals surface area (Å²) in [5, 5.41) is 5.68. The average Bonchev–Trinajstić information content (AvgIpc) is 3.06. The van der Waals surface area contributed by atoms with Gasteiger partial charge in [0.25, 0.3) is 5.91 Å². The lowest BCUT2D eigenvalue weighted by Gasteiger charge is -2.22. The first-order valence-corrected chi connectivity index (χ1v) is 8.03. The van der Waals surface area contributed by atoms with E-state index in [1.54, 1.807) is 18.2 Å². The van der Waals surface area contributed by atoms with E-state index in [-0.39, 0.29) is 24.5 Å². The van der Waals surface area contributed by atoms with Crippen LogP contribution in [0.15, 0.2) is 42.7 Å². The Bertz CT molecular complexity index is 738. The summed E-state index contributed by atoms with van der Waals surface area (Å²) in [5.41, 5.74) is 1.27. The number of rotatable bonds is 5. The highest BCUT2D eigenvalue weighted by molar-refractivity contribution is 5.97. The number of nitrogens with zero attached hydrogens (tertiary/aromatic N) is 1. The third-order valence-corrected chi connectivity index (χ3v) is 3.87. The van der Waals surface area contributed by atoms with E-state index >= 15 is 0 Å². The van der Waals surface area contributed by atoms with E-state index in [2.05, 4.69) is 24.5 Å². The molecule has 2 amide bonds. The zero-order valence-corrected chi connectivity index (χ0v) is 13.8. The third-order valence-electron chi connectivity index (χ3n) is 3.87. The second-order valence-electron chi connectivity index (χ2n) is 6.31. The first kappa shape index (κ1) is 16.1. The number of ether oxygens (including phenoxy) is 1. The van der Waals surface area contributed by atoms with E-state index in [1.807, 2.05) is 29.1 Å². The third kappa shape index (κ3) is 3.59. The molecule has 0 spiro atoms. The summed E-state index contributed by atoms with van der Waals surface area (Å²) in [6, 6.07) is 8.78. The quantitative estimate of drug-likeness (QED) is 0.886. The number of anilines is 2. The van der Waals surface area contributed by atoms with Gasteiger partial charge in [-0.1, -0.05) is 13.8 Å². The van der Waals surface area contributed by atoms with Crippen molar-refractivity contribution in [2.75, 3.05) is 17.2 Å². The molecule has 6 nitrogen and oxygen atoms in total. The van der Waals surface area contributed by atoms with Crippen LogP contribution in [-0.4, -0.2) is 23.0 Å². The van der Waals surface area contributed by atoms with Crippen LogP contribution in [0.2, 0.25) is 0 Å². The van der Waals surface area contributed by atoms with Crippen molar-refractivity contribution in [3.8, 4) is 5.75 Å². The first-order valence-electron chi connectivity index (χ1n) is 8.03. The Balaban J connectivity index is 1.76. The molecule has 1 aliphatic rings. The van der Waals surface area contributed by atoms with Crippen molar-refractivity contribution in [2.24, 2.45) is 5.92 Å². The summed E-state index contributed by atoms with van der Waals surface area (Å²) < 4.78 is 7.31. The second-order valence-corrected chi connectivity index (χ2v) is 6.31. The molecule has 0 fully saturated rings. The summed E-state index contributed by atoms with van der Waals surface area (Å²) >= 11 is 0. The summed E-state index contributed by atoms with van der Waals surface area (Å²) in [4.78, 5) is 24.0. The van der Waals surface area contributed by atoms with Crippen LogP contribution in [0.4, 0.5) is 11.4 Å². The fourth-order valence-corrected chi connectivity index (χ4v) is 2.74. The zero-order valence-electron chi connectivity index (χ0n) is 13.8. The Labute approximate surface area is 140 Å². The monoisotopic (exact) mass is 327 g/mol. The van der Waals surface area contributed by atoms with Crippen LogP contribution >= 0.6 is 0 Å². The maximum Gasteiger partial charge on any atom is 0.262 e. The van der Waals surface area contributed by atoms with Gasteiger partial charge in [0.2, 0.25) is 5.91 Å². The molecular formula is C18H21N3O3. The highest BCUT2D eigenvalue weighted by atomic mass is 16.5. The van der Waals surface area contributed by atoms with Gasteiger partial charge in [-0.15, -0.1) is 0 Å². The summed E-state index contributed by atoms with van der Waals surface area (Å²) in [7, 11) is 0.